The molecule has 0 bridgehead atoms. The zero-order chi connectivity index (χ0) is 19.4. The van der Waals surface area contributed by atoms with Crippen molar-refractivity contribution in [1.29, 1.82) is 0 Å². The molecule has 0 aliphatic heterocycles. The van der Waals surface area contributed by atoms with E-state index in [9.17, 15) is 9.18 Å². The Labute approximate surface area is 168 Å². The van der Waals surface area contributed by atoms with Crippen LogP contribution in [0.5, 0.6) is 0 Å². The fourth-order valence-corrected chi connectivity index (χ4v) is 4.53. The number of carbonyl (C=O) groups excluding carboxylic acids is 1. The molecule has 0 N–H and O–H groups in total. The van der Waals surface area contributed by atoms with Crippen LogP contribution in [0, 0.1) is 5.82 Å². The Morgan fingerprint density at radius 2 is 1.89 bits per heavy atom. The molecule has 142 valence electrons. The largest absolute Gasteiger partial charge is 0.342 e. The third kappa shape index (κ3) is 4.30. The Kier molecular flexibility index (Phi) is 6.45. The Bertz CT molecular complexity index is 932. The van der Waals surface area contributed by atoms with Crippen molar-refractivity contribution < 1.29 is 9.18 Å². The second kappa shape index (κ2) is 8.81. The van der Waals surface area contributed by atoms with Crippen molar-refractivity contribution in [3.8, 4) is 0 Å². The normalized spacial score (nSPS) is 11.1. The van der Waals surface area contributed by atoms with Gasteiger partial charge in [-0.2, -0.15) is 0 Å². The molecule has 0 saturated heterocycles. The highest BCUT2D eigenvalue weighted by molar-refractivity contribution is 7.98. The Morgan fingerprint density at radius 3 is 2.59 bits per heavy atom. The number of rotatable bonds is 7. The summed E-state index contributed by atoms with van der Waals surface area (Å²) in [5, 5.41) is 1.49. The third-order valence-corrected chi connectivity index (χ3v) is 6.03. The number of carbonyl (C=O) groups is 1. The third-order valence-electron chi connectivity index (χ3n) is 4.61. The minimum Gasteiger partial charge on any atom is -0.342 e. The second-order valence-electron chi connectivity index (χ2n) is 6.19. The zero-order valence-electron chi connectivity index (χ0n) is 15.4. The van der Waals surface area contributed by atoms with Crippen LogP contribution in [0.2, 0.25) is 5.02 Å². The maximum Gasteiger partial charge on any atom is 0.242 e. The van der Waals surface area contributed by atoms with Crippen molar-refractivity contribution in [3.05, 3.63) is 65.1 Å². The second-order valence-corrected chi connectivity index (χ2v) is 7.62. The lowest BCUT2D eigenvalue weighted by atomic mass is 10.2. The topological polar surface area (TPSA) is 25.2 Å². The number of thioether (sulfide) groups is 1. The van der Waals surface area contributed by atoms with Gasteiger partial charge in [0.25, 0.3) is 0 Å². The van der Waals surface area contributed by atoms with E-state index in [4.69, 9.17) is 11.6 Å². The number of amides is 1. The molecule has 0 radical (unpaired) electrons. The molecule has 1 aromatic heterocycles. The predicted octanol–water partition coefficient (Wildman–Crippen LogP) is 5.59. The fraction of sp³-hybridized carbons (Fsp3) is 0.286. The lowest BCUT2D eigenvalue weighted by Gasteiger charge is -2.19. The van der Waals surface area contributed by atoms with E-state index in [-0.39, 0.29) is 11.7 Å². The number of fused-ring (bicyclic) bond motifs is 1. The number of hydrogen-bond acceptors (Lipinski definition) is 2. The lowest BCUT2D eigenvalue weighted by Crippen LogP contribution is -2.33. The average Bonchev–Trinajstić information content (AvgIpc) is 3.00. The molecule has 0 saturated carbocycles. The Hall–Kier alpha value is -1.98. The van der Waals surface area contributed by atoms with E-state index in [0.29, 0.717) is 36.0 Å². The molecule has 27 heavy (non-hydrogen) atoms. The minimum atomic E-state index is -0.296. The molecule has 1 amide bonds. The molecular formula is C21H22ClFN2OS. The van der Waals surface area contributed by atoms with Gasteiger partial charge in [-0.05, 0) is 32.0 Å². The molecular weight excluding hydrogens is 383 g/mol. The van der Waals surface area contributed by atoms with Crippen LogP contribution in [0.3, 0.4) is 0 Å². The number of likely N-dealkylation sites (N-methyl/N-ethyl adjacent to an activating group) is 1. The van der Waals surface area contributed by atoms with Gasteiger partial charge in [0.2, 0.25) is 5.91 Å². The first-order valence-corrected chi connectivity index (χ1v) is 10.3. The minimum absolute atomic E-state index is 0.0921. The van der Waals surface area contributed by atoms with Crippen LogP contribution in [0.25, 0.3) is 10.9 Å². The molecule has 0 atom stereocenters. The smallest absolute Gasteiger partial charge is 0.242 e. The number of halogens is 2. The number of benzene rings is 2. The van der Waals surface area contributed by atoms with E-state index in [1.54, 1.807) is 12.1 Å². The molecule has 0 spiro atoms. The van der Waals surface area contributed by atoms with Crippen molar-refractivity contribution in [3.63, 3.8) is 0 Å². The highest BCUT2D eigenvalue weighted by Gasteiger charge is 2.15. The first kappa shape index (κ1) is 19.8. The summed E-state index contributed by atoms with van der Waals surface area (Å²) in [4.78, 5) is 15.4. The van der Waals surface area contributed by atoms with Gasteiger partial charge in [-0.25, -0.2) is 4.39 Å². The first-order valence-electron chi connectivity index (χ1n) is 8.96. The van der Waals surface area contributed by atoms with Crippen LogP contribution in [0.1, 0.15) is 19.4 Å². The highest BCUT2D eigenvalue weighted by atomic mass is 35.5. The predicted molar refractivity (Wildman–Crippen MR) is 111 cm³/mol. The van der Waals surface area contributed by atoms with Gasteiger partial charge < -0.3 is 9.47 Å². The SMILES string of the molecule is CCN(CC)C(=O)Cn1cc(SCc2c(F)cccc2Cl)c2ccccc21. The summed E-state index contributed by atoms with van der Waals surface area (Å²) < 4.78 is 16.0. The van der Waals surface area contributed by atoms with Crippen molar-refractivity contribution in [2.45, 2.75) is 31.0 Å². The van der Waals surface area contributed by atoms with Crippen LogP contribution in [-0.4, -0.2) is 28.5 Å². The van der Waals surface area contributed by atoms with E-state index >= 15 is 0 Å². The summed E-state index contributed by atoms with van der Waals surface area (Å²) in [6, 6.07) is 12.7. The summed E-state index contributed by atoms with van der Waals surface area (Å²) in [6.45, 7) is 5.65. The molecule has 3 rings (SSSR count). The summed E-state index contributed by atoms with van der Waals surface area (Å²) in [5.74, 6) is 0.230. The van der Waals surface area contributed by atoms with Gasteiger partial charge >= 0.3 is 0 Å². The monoisotopic (exact) mass is 404 g/mol. The van der Waals surface area contributed by atoms with Crippen LogP contribution in [0.15, 0.2) is 53.6 Å². The van der Waals surface area contributed by atoms with Gasteiger partial charge in [0.05, 0.1) is 0 Å². The maximum absolute atomic E-state index is 14.1. The zero-order valence-corrected chi connectivity index (χ0v) is 17.0. The summed E-state index contributed by atoms with van der Waals surface area (Å²) >= 11 is 7.68. The maximum atomic E-state index is 14.1. The van der Waals surface area contributed by atoms with Gasteiger partial charge in [0, 0.05) is 51.4 Å². The average molecular weight is 405 g/mol. The van der Waals surface area contributed by atoms with Crippen LogP contribution in [-0.2, 0) is 17.1 Å². The molecule has 0 unspecified atom stereocenters. The summed E-state index contributed by atoms with van der Waals surface area (Å²) in [6.07, 6.45) is 1.98. The molecule has 1 heterocycles. The Morgan fingerprint density at radius 1 is 1.15 bits per heavy atom. The molecule has 3 aromatic rings. The number of hydrogen-bond donors (Lipinski definition) is 0. The van der Waals surface area contributed by atoms with Crippen molar-refractivity contribution in [2.24, 2.45) is 0 Å². The van der Waals surface area contributed by atoms with Gasteiger partial charge in [-0.15, -0.1) is 11.8 Å². The van der Waals surface area contributed by atoms with Gasteiger partial charge in [-0.1, -0.05) is 35.9 Å². The quantitative estimate of drug-likeness (QED) is 0.479. The molecule has 0 fully saturated rings. The van der Waals surface area contributed by atoms with E-state index in [1.807, 2.05) is 53.8 Å². The van der Waals surface area contributed by atoms with E-state index in [2.05, 4.69) is 0 Å². The highest BCUT2D eigenvalue weighted by Crippen LogP contribution is 2.34. The molecule has 0 aliphatic carbocycles. The molecule has 6 heteroatoms. The summed E-state index contributed by atoms with van der Waals surface area (Å²) in [7, 11) is 0. The van der Waals surface area contributed by atoms with Gasteiger partial charge in [0.1, 0.15) is 12.4 Å². The van der Waals surface area contributed by atoms with Crippen LogP contribution in [0.4, 0.5) is 4.39 Å². The summed E-state index contributed by atoms with van der Waals surface area (Å²) in [5.41, 5.74) is 1.50. The Balaban J connectivity index is 1.87. The van der Waals surface area contributed by atoms with E-state index in [0.717, 1.165) is 15.8 Å². The standard InChI is InChI=1S/C21H22ClFN2OS/c1-3-24(4-2)21(26)13-25-12-20(15-8-5-6-11-19(15)25)27-14-16-17(22)9-7-10-18(16)23/h5-12H,3-4,13-14H2,1-2H3. The number of para-hydroxylation sites is 1. The lowest BCUT2D eigenvalue weighted by molar-refractivity contribution is -0.131. The first-order chi connectivity index (χ1) is 13.0. The van der Waals surface area contributed by atoms with Crippen molar-refractivity contribution >= 4 is 40.2 Å². The number of nitrogens with zero attached hydrogens (tertiary/aromatic N) is 2. The van der Waals surface area contributed by atoms with E-state index in [1.165, 1.54) is 17.8 Å². The molecule has 3 nitrogen and oxygen atoms in total. The van der Waals surface area contributed by atoms with Crippen LogP contribution < -0.4 is 0 Å². The fourth-order valence-electron chi connectivity index (χ4n) is 3.10. The van der Waals surface area contributed by atoms with Gasteiger partial charge in [0.15, 0.2) is 0 Å². The van der Waals surface area contributed by atoms with Gasteiger partial charge in [-0.3, -0.25) is 4.79 Å². The van der Waals surface area contributed by atoms with E-state index < -0.39 is 0 Å². The van der Waals surface area contributed by atoms with Crippen molar-refractivity contribution in [1.82, 2.24) is 9.47 Å². The number of aromatic nitrogens is 1. The molecule has 2 aromatic carbocycles. The van der Waals surface area contributed by atoms with Crippen molar-refractivity contribution in [2.75, 3.05) is 13.1 Å². The molecule has 0 aliphatic rings. The van der Waals surface area contributed by atoms with Crippen LogP contribution >= 0.6 is 23.4 Å².